The van der Waals surface area contributed by atoms with Crippen molar-refractivity contribution in [1.29, 1.82) is 0 Å². The fraction of sp³-hybridized carbons (Fsp3) is 0.350. The number of hydrogen-bond donors (Lipinski definition) is 2. The van der Waals surface area contributed by atoms with E-state index < -0.39 is 10.0 Å². The van der Waals surface area contributed by atoms with E-state index in [1.807, 2.05) is 31.3 Å². The van der Waals surface area contributed by atoms with Gasteiger partial charge in [-0.2, -0.15) is 0 Å². The van der Waals surface area contributed by atoms with Crippen LogP contribution in [0.1, 0.15) is 28.8 Å². The summed E-state index contributed by atoms with van der Waals surface area (Å²) in [4.78, 5) is 12.5. The van der Waals surface area contributed by atoms with E-state index in [-0.39, 0.29) is 23.2 Å². The number of nitrogens with one attached hydrogen (secondary N) is 2. The number of fused-ring (bicyclic) bond motifs is 1. The first kappa shape index (κ1) is 22.2. The maximum Gasteiger partial charge on any atom is 0.264 e. The van der Waals surface area contributed by atoms with E-state index >= 15 is 0 Å². The quantitative estimate of drug-likeness (QED) is 0.671. The molecule has 0 saturated carbocycles. The van der Waals surface area contributed by atoms with Crippen LogP contribution in [0, 0.1) is 0 Å². The standard InChI is InChI=1S/C20H25N3O3S.ClH/c1-21-12-6-13-22-20(24)17-8-4-10-18(15-17)27(25,26)23-14-5-9-16-7-2-3-11-19(16)23;/h2-4,7-8,10-11,15,21H,5-6,9,12-14H2,1H3,(H,22,24);1H. The predicted octanol–water partition coefficient (Wildman–Crippen LogP) is 2.59. The summed E-state index contributed by atoms with van der Waals surface area (Å²) >= 11 is 0. The lowest BCUT2D eigenvalue weighted by Crippen LogP contribution is -2.35. The first-order valence-electron chi connectivity index (χ1n) is 9.17. The third-order valence-corrected chi connectivity index (χ3v) is 6.45. The van der Waals surface area contributed by atoms with Gasteiger partial charge in [0.1, 0.15) is 0 Å². The van der Waals surface area contributed by atoms with Crippen molar-refractivity contribution < 1.29 is 13.2 Å². The molecule has 0 atom stereocenters. The van der Waals surface area contributed by atoms with E-state index in [1.54, 1.807) is 18.2 Å². The van der Waals surface area contributed by atoms with E-state index in [1.165, 1.54) is 10.4 Å². The number of benzene rings is 2. The third kappa shape index (κ3) is 4.84. The van der Waals surface area contributed by atoms with Crippen LogP contribution in [0.3, 0.4) is 0 Å². The third-order valence-electron chi connectivity index (χ3n) is 4.64. The average Bonchev–Trinajstić information content (AvgIpc) is 2.70. The van der Waals surface area contributed by atoms with Crippen molar-refractivity contribution in [3.05, 3.63) is 59.7 Å². The molecule has 0 spiro atoms. The van der Waals surface area contributed by atoms with Gasteiger partial charge in [0, 0.05) is 18.7 Å². The van der Waals surface area contributed by atoms with Gasteiger partial charge in [-0.25, -0.2) is 8.42 Å². The number of rotatable bonds is 7. The van der Waals surface area contributed by atoms with E-state index in [0.717, 1.165) is 37.1 Å². The number of aryl methyl sites for hydroxylation is 1. The molecule has 0 aromatic heterocycles. The first-order chi connectivity index (χ1) is 13.0. The van der Waals surface area contributed by atoms with Crippen LogP contribution in [0.2, 0.25) is 0 Å². The summed E-state index contributed by atoms with van der Waals surface area (Å²) in [7, 11) is -1.86. The highest BCUT2D eigenvalue weighted by atomic mass is 35.5. The molecule has 0 radical (unpaired) electrons. The lowest BCUT2D eigenvalue weighted by Gasteiger charge is -2.30. The zero-order valence-corrected chi connectivity index (χ0v) is 17.5. The number of halogens is 1. The van der Waals surface area contributed by atoms with Crippen molar-refractivity contribution in [1.82, 2.24) is 10.6 Å². The molecule has 1 aliphatic rings. The van der Waals surface area contributed by atoms with Crippen molar-refractivity contribution in [2.45, 2.75) is 24.2 Å². The Bertz CT molecular complexity index is 918. The molecular weight excluding hydrogens is 398 g/mol. The lowest BCUT2D eigenvalue weighted by atomic mass is 10.0. The Hall–Kier alpha value is -2.09. The van der Waals surface area contributed by atoms with Gasteiger partial charge in [-0.05, 0) is 62.7 Å². The zero-order valence-electron chi connectivity index (χ0n) is 15.8. The highest BCUT2D eigenvalue weighted by Gasteiger charge is 2.29. The Balaban J connectivity index is 0.00000280. The van der Waals surface area contributed by atoms with E-state index in [0.29, 0.717) is 18.7 Å². The largest absolute Gasteiger partial charge is 0.352 e. The fourth-order valence-corrected chi connectivity index (χ4v) is 4.83. The van der Waals surface area contributed by atoms with Gasteiger partial charge in [0.2, 0.25) is 0 Å². The number of sulfonamides is 1. The number of carbonyl (C=O) groups excluding carboxylic acids is 1. The highest BCUT2D eigenvalue weighted by molar-refractivity contribution is 7.92. The van der Waals surface area contributed by atoms with Crippen LogP contribution in [0.5, 0.6) is 0 Å². The summed E-state index contributed by atoms with van der Waals surface area (Å²) in [5, 5.41) is 5.84. The summed E-state index contributed by atoms with van der Waals surface area (Å²) in [5.74, 6) is -0.262. The number of para-hydroxylation sites is 1. The lowest BCUT2D eigenvalue weighted by molar-refractivity contribution is 0.0953. The fourth-order valence-electron chi connectivity index (χ4n) is 3.24. The topological polar surface area (TPSA) is 78.5 Å². The van der Waals surface area contributed by atoms with E-state index in [2.05, 4.69) is 10.6 Å². The van der Waals surface area contributed by atoms with Crippen LogP contribution >= 0.6 is 12.4 Å². The summed E-state index contributed by atoms with van der Waals surface area (Å²) in [5.41, 5.74) is 2.11. The Morgan fingerprint density at radius 2 is 1.89 bits per heavy atom. The molecule has 1 aliphatic heterocycles. The molecule has 2 N–H and O–H groups in total. The van der Waals surface area contributed by atoms with Crippen LogP contribution in [0.25, 0.3) is 0 Å². The first-order valence-corrected chi connectivity index (χ1v) is 10.6. The van der Waals surface area contributed by atoms with Gasteiger partial charge in [0.25, 0.3) is 15.9 Å². The van der Waals surface area contributed by atoms with Crippen molar-refractivity contribution in [2.75, 3.05) is 31.0 Å². The minimum Gasteiger partial charge on any atom is -0.352 e. The summed E-state index contributed by atoms with van der Waals surface area (Å²) in [6.45, 7) is 1.79. The minimum atomic E-state index is -3.72. The predicted molar refractivity (Wildman–Crippen MR) is 114 cm³/mol. The molecule has 2 aromatic carbocycles. The second-order valence-corrected chi connectivity index (χ2v) is 8.41. The number of amides is 1. The molecular formula is C20H26ClN3O3S. The van der Waals surface area contributed by atoms with Gasteiger partial charge in [0.15, 0.2) is 0 Å². The summed E-state index contributed by atoms with van der Waals surface area (Å²) in [6.07, 6.45) is 2.46. The SMILES string of the molecule is CNCCCNC(=O)c1cccc(S(=O)(=O)N2CCCc3ccccc32)c1.Cl. The molecule has 28 heavy (non-hydrogen) atoms. The Labute approximate surface area is 172 Å². The second-order valence-electron chi connectivity index (χ2n) is 6.55. The van der Waals surface area contributed by atoms with Gasteiger partial charge in [-0.15, -0.1) is 12.4 Å². The number of carbonyl (C=O) groups is 1. The van der Waals surface area contributed by atoms with Gasteiger partial charge in [0.05, 0.1) is 10.6 Å². The maximum absolute atomic E-state index is 13.2. The van der Waals surface area contributed by atoms with Gasteiger partial charge >= 0.3 is 0 Å². The molecule has 1 heterocycles. The van der Waals surface area contributed by atoms with E-state index in [9.17, 15) is 13.2 Å². The van der Waals surface area contributed by atoms with Crippen LogP contribution < -0.4 is 14.9 Å². The summed E-state index contributed by atoms with van der Waals surface area (Å²) in [6, 6.07) is 13.8. The molecule has 152 valence electrons. The van der Waals surface area contributed by atoms with Crippen molar-refractivity contribution in [3.63, 3.8) is 0 Å². The maximum atomic E-state index is 13.2. The molecule has 0 unspecified atom stereocenters. The summed E-state index contributed by atoms with van der Waals surface area (Å²) < 4.78 is 27.9. The van der Waals surface area contributed by atoms with Crippen LogP contribution in [0.4, 0.5) is 5.69 Å². The van der Waals surface area contributed by atoms with Crippen molar-refractivity contribution in [3.8, 4) is 0 Å². The van der Waals surface area contributed by atoms with E-state index in [4.69, 9.17) is 0 Å². The van der Waals surface area contributed by atoms with Crippen LogP contribution in [0.15, 0.2) is 53.4 Å². The Morgan fingerprint density at radius 1 is 1.11 bits per heavy atom. The average molecular weight is 424 g/mol. The normalized spacial score (nSPS) is 13.4. The minimum absolute atomic E-state index is 0. The monoisotopic (exact) mass is 423 g/mol. The zero-order chi connectivity index (χ0) is 19.3. The molecule has 0 aliphatic carbocycles. The molecule has 6 nitrogen and oxygen atoms in total. The smallest absolute Gasteiger partial charge is 0.264 e. The van der Waals surface area contributed by atoms with Crippen molar-refractivity contribution in [2.24, 2.45) is 0 Å². The Morgan fingerprint density at radius 3 is 2.68 bits per heavy atom. The molecule has 0 fully saturated rings. The molecule has 8 heteroatoms. The van der Waals surface area contributed by atoms with Crippen LogP contribution in [-0.2, 0) is 16.4 Å². The molecule has 0 bridgehead atoms. The number of anilines is 1. The van der Waals surface area contributed by atoms with Gasteiger partial charge < -0.3 is 10.6 Å². The van der Waals surface area contributed by atoms with Crippen LogP contribution in [-0.4, -0.2) is 41.0 Å². The number of nitrogens with zero attached hydrogens (tertiary/aromatic N) is 1. The highest BCUT2D eigenvalue weighted by Crippen LogP contribution is 2.31. The second kappa shape index (κ2) is 9.91. The number of hydrogen-bond acceptors (Lipinski definition) is 4. The molecule has 0 saturated heterocycles. The molecule has 2 aromatic rings. The molecule has 1 amide bonds. The van der Waals surface area contributed by atoms with Gasteiger partial charge in [-0.1, -0.05) is 24.3 Å². The Kier molecular flexibility index (Phi) is 7.86. The molecule has 3 rings (SSSR count). The van der Waals surface area contributed by atoms with Crippen molar-refractivity contribution >= 4 is 34.0 Å². The van der Waals surface area contributed by atoms with Gasteiger partial charge in [-0.3, -0.25) is 9.10 Å².